The normalized spacial score (nSPS) is 18.9. The van der Waals surface area contributed by atoms with Gasteiger partial charge < -0.3 is 10.2 Å². The van der Waals surface area contributed by atoms with Gasteiger partial charge in [0.2, 0.25) is 0 Å². The van der Waals surface area contributed by atoms with Crippen LogP contribution >= 0.6 is 0 Å². The lowest BCUT2D eigenvalue weighted by atomic mass is 10.0. The number of carbonyl (C=O) groups is 1. The van der Waals surface area contributed by atoms with E-state index in [-0.39, 0.29) is 11.6 Å². The second-order valence-electron chi connectivity index (χ2n) is 5.79. The van der Waals surface area contributed by atoms with Gasteiger partial charge in [0.25, 0.3) is 11.6 Å². The van der Waals surface area contributed by atoms with Gasteiger partial charge in [-0.2, -0.15) is 0 Å². The second-order valence-corrected chi connectivity index (χ2v) is 5.79. The first-order valence-electron chi connectivity index (χ1n) is 7.84. The van der Waals surface area contributed by atoms with Crippen molar-refractivity contribution in [1.29, 1.82) is 0 Å². The minimum absolute atomic E-state index is 0.00404. The fraction of sp³-hybridized carbons (Fsp3) is 0.562. The van der Waals surface area contributed by atoms with Crippen LogP contribution in [0.3, 0.4) is 0 Å². The third kappa shape index (κ3) is 4.53. The highest BCUT2D eigenvalue weighted by atomic mass is 16.6. The fourth-order valence-electron chi connectivity index (χ4n) is 2.81. The largest absolute Gasteiger partial charge is 0.352 e. The predicted molar refractivity (Wildman–Crippen MR) is 84.9 cm³/mol. The van der Waals surface area contributed by atoms with Gasteiger partial charge in [-0.05, 0) is 44.9 Å². The molecule has 1 aliphatic rings. The van der Waals surface area contributed by atoms with Gasteiger partial charge in [0.1, 0.15) is 0 Å². The zero-order valence-corrected chi connectivity index (χ0v) is 13.0. The molecule has 6 nitrogen and oxygen atoms in total. The number of nitro benzene ring substituents is 1. The van der Waals surface area contributed by atoms with Crippen molar-refractivity contribution >= 4 is 11.6 Å². The molecule has 1 aromatic rings. The number of carbonyl (C=O) groups excluding carboxylic acids is 1. The van der Waals surface area contributed by atoms with Gasteiger partial charge in [0, 0.05) is 36.8 Å². The van der Waals surface area contributed by atoms with Gasteiger partial charge in [-0.15, -0.1) is 0 Å². The van der Waals surface area contributed by atoms with Crippen LogP contribution in [0.25, 0.3) is 0 Å². The Labute approximate surface area is 130 Å². The van der Waals surface area contributed by atoms with E-state index < -0.39 is 4.92 Å². The Morgan fingerprint density at radius 2 is 2.09 bits per heavy atom. The van der Waals surface area contributed by atoms with E-state index >= 15 is 0 Å². The maximum Gasteiger partial charge on any atom is 0.269 e. The Morgan fingerprint density at radius 1 is 1.36 bits per heavy atom. The number of hydrogen-bond acceptors (Lipinski definition) is 4. The van der Waals surface area contributed by atoms with Crippen molar-refractivity contribution in [2.45, 2.75) is 38.6 Å². The molecule has 6 heteroatoms. The van der Waals surface area contributed by atoms with Crippen LogP contribution in [-0.4, -0.2) is 41.4 Å². The summed E-state index contributed by atoms with van der Waals surface area (Å²) in [7, 11) is 0. The number of hydrogen-bond donors (Lipinski definition) is 1. The molecule has 1 N–H and O–H groups in total. The molecule has 1 aromatic carbocycles. The molecule has 0 aromatic heterocycles. The highest BCUT2D eigenvalue weighted by Crippen LogP contribution is 2.16. The average molecular weight is 305 g/mol. The quantitative estimate of drug-likeness (QED) is 0.498. The molecular formula is C16H23N3O3. The van der Waals surface area contributed by atoms with Crippen LogP contribution < -0.4 is 5.32 Å². The lowest BCUT2D eigenvalue weighted by Crippen LogP contribution is -2.39. The molecule has 0 bridgehead atoms. The molecule has 1 amide bonds. The Kier molecular flexibility index (Phi) is 5.89. The zero-order valence-electron chi connectivity index (χ0n) is 13.0. The van der Waals surface area contributed by atoms with Crippen LogP contribution in [-0.2, 0) is 0 Å². The van der Waals surface area contributed by atoms with Crippen LogP contribution in [0.1, 0.15) is 43.0 Å². The fourth-order valence-corrected chi connectivity index (χ4v) is 2.81. The molecule has 1 fully saturated rings. The highest BCUT2D eigenvalue weighted by Gasteiger charge is 2.17. The van der Waals surface area contributed by atoms with E-state index in [9.17, 15) is 14.9 Å². The van der Waals surface area contributed by atoms with Crippen LogP contribution in [0.4, 0.5) is 5.69 Å². The first kappa shape index (κ1) is 16.4. The minimum atomic E-state index is -0.471. The third-order valence-electron chi connectivity index (χ3n) is 4.19. The van der Waals surface area contributed by atoms with Crippen molar-refractivity contribution in [2.75, 3.05) is 19.6 Å². The summed E-state index contributed by atoms with van der Waals surface area (Å²) in [6, 6.07) is 6.31. The van der Waals surface area contributed by atoms with E-state index in [1.807, 2.05) is 0 Å². The molecule has 0 saturated carbocycles. The Balaban J connectivity index is 1.72. The summed E-state index contributed by atoms with van der Waals surface area (Å²) in [5.41, 5.74) is 0.451. The Morgan fingerprint density at radius 3 is 2.73 bits per heavy atom. The topological polar surface area (TPSA) is 75.5 Å². The van der Waals surface area contributed by atoms with Crippen LogP contribution in [0.2, 0.25) is 0 Å². The molecule has 22 heavy (non-hydrogen) atoms. The first-order chi connectivity index (χ1) is 10.6. The van der Waals surface area contributed by atoms with Gasteiger partial charge in [0.15, 0.2) is 0 Å². The lowest BCUT2D eigenvalue weighted by Gasteiger charge is -2.33. The summed E-state index contributed by atoms with van der Waals surface area (Å²) in [5.74, 6) is -0.179. The van der Waals surface area contributed by atoms with Crippen LogP contribution in [0.5, 0.6) is 0 Å². The van der Waals surface area contributed by atoms with Gasteiger partial charge in [-0.1, -0.05) is 6.42 Å². The molecule has 1 atom stereocenters. The summed E-state index contributed by atoms with van der Waals surface area (Å²) < 4.78 is 0. The smallest absolute Gasteiger partial charge is 0.269 e. The predicted octanol–water partition coefficient (Wildman–Crippen LogP) is 2.59. The summed E-state index contributed by atoms with van der Waals surface area (Å²) in [4.78, 5) is 24.5. The third-order valence-corrected chi connectivity index (χ3v) is 4.19. The maximum absolute atomic E-state index is 11.9. The number of nitrogens with one attached hydrogen (secondary N) is 1. The summed E-state index contributed by atoms with van der Waals surface area (Å²) in [6.07, 6.45) is 4.76. The Bertz CT molecular complexity index is 516. The Hall–Kier alpha value is -1.95. The first-order valence-corrected chi connectivity index (χ1v) is 7.84. The van der Waals surface area contributed by atoms with E-state index in [1.165, 1.54) is 43.5 Å². The molecule has 1 aliphatic heterocycles. The zero-order chi connectivity index (χ0) is 15.9. The summed E-state index contributed by atoms with van der Waals surface area (Å²) in [6.45, 7) is 5.03. The van der Waals surface area contributed by atoms with Gasteiger partial charge in [-0.25, -0.2) is 0 Å². The van der Waals surface area contributed by atoms with E-state index in [1.54, 1.807) is 0 Å². The number of piperidine rings is 1. The molecule has 0 aliphatic carbocycles. The number of amides is 1. The van der Waals surface area contributed by atoms with Crippen molar-refractivity contribution in [3.63, 3.8) is 0 Å². The number of nitrogens with zero attached hydrogens (tertiary/aromatic N) is 2. The van der Waals surface area contributed by atoms with Crippen molar-refractivity contribution in [2.24, 2.45) is 0 Å². The number of benzene rings is 1. The van der Waals surface area contributed by atoms with Crippen LogP contribution in [0, 0.1) is 10.1 Å². The van der Waals surface area contributed by atoms with Crippen molar-refractivity contribution < 1.29 is 9.72 Å². The second kappa shape index (κ2) is 7.89. The molecular weight excluding hydrogens is 282 g/mol. The maximum atomic E-state index is 11.9. The van der Waals surface area contributed by atoms with E-state index in [2.05, 4.69) is 17.1 Å². The summed E-state index contributed by atoms with van der Waals surface area (Å²) in [5, 5.41) is 13.4. The monoisotopic (exact) mass is 305 g/mol. The molecule has 120 valence electrons. The number of likely N-dealkylation sites (tertiary alicyclic amines) is 1. The van der Waals surface area contributed by atoms with Gasteiger partial charge in [0.05, 0.1) is 4.92 Å². The van der Waals surface area contributed by atoms with E-state index in [0.717, 1.165) is 19.5 Å². The van der Waals surface area contributed by atoms with Crippen molar-refractivity contribution in [1.82, 2.24) is 10.2 Å². The van der Waals surface area contributed by atoms with E-state index in [0.29, 0.717) is 18.2 Å². The molecule has 1 saturated heterocycles. The summed E-state index contributed by atoms with van der Waals surface area (Å²) >= 11 is 0. The average Bonchev–Trinajstić information content (AvgIpc) is 2.53. The van der Waals surface area contributed by atoms with Crippen LogP contribution in [0.15, 0.2) is 24.3 Å². The number of rotatable bonds is 6. The molecule has 0 spiro atoms. The molecule has 0 radical (unpaired) electrons. The molecule has 2 rings (SSSR count). The lowest BCUT2D eigenvalue weighted by molar-refractivity contribution is -0.384. The van der Waals surface area contributed by atoms with Crippen molar-refractivity contribution in [3.8, 4) is 0 Å². The highest BCUT2D eigenvalue weighted by molar-refractivity contribution is 5.94. The molecule has 1 heterocycles. The standard InChI is InChI=1S/C16H23N3O3/c1-13-5-2-3-11-18(13)12-4-10-17-16(20)14-6-8-15(9-7-14)19(21)22/h6-9,13H,2-5,10-12H2,1H3,(H,17,20). The van der Waals surface area contributed by atoms with Crippen molar-refractivity contribution in [3.05, 3.63) is 39.9 Å². The minimum Gasteiger partial charge on any atom is -0.352 e. The SMILES string of the molecule is CC1CCCCN1CCCNC(=O)c1ccc([N+](=O)[O-])cc1. The number of non-ortho nitro benzene ring substituents is 1. The van der Waals surface area contributed by atoms with E-state index in [4.69, 9.17) is 0 Å². The number of nitro groups is 1. The van der Waals surface area contributed by atoms with Gasteiger partial charge in [-0.3, -0.25) is 14.9 Å². The molecule has 1 unspecified atom stereocenters. The van der Waals surface area contributed by atoms with Gasteiger partial charge >= 0.3 is 0 Å².